The molecule has 0 spiro atoms. The van der Waals surface area contributed by atoms with Gasteiger partial charge in [-0.1, -0.05) is 0 Å². The molecule has 1 aromatic rings. The Kier molecular flexibility index (Phi) is 4.05. The summed E-state index contributed by atoms with van der Waals surface area (Å²) in [7, 11) is -1.50. The molecule has 0 saturated carbocycles. The molecule has 0 bridgehead atoms. The quantitative estimate of drug-likeness (QED) is 0.815. The number of anilines is 1. The summed E-state index contributed by atoms with van der Waals surface area (Å²) in [6.45, 7) is 3.46. The first-order valence-corrected chi connectivity index (χ1v) is 8.21. The van der Waals surface area contributed by atoms with Crippen LogP contribution < -0.4 is 4.90 Å². The highest BCUT2D eigenvalue weighted by atomic mass is 32.2. The van der Waals surface area contributed by atoms with E-state index in [1.807, 2.05) is 19.1 Å². The molecule has 7 heteroatoms. The molecule has 1 fully saturated rings. The van der Waals surface area contributed by atoms with E-state index >= 15 is 0 Å². The molecule has 0 radical (unpaired) electrons. The normalized spacial score (nSPS) is 20.8. The molecule has 1 aromatic heterocycles. The molecular formula is C12H20N4O2S. The van der Waals surface area contributed by atoms with E-state index in [1.54, 1.807) is 7.05 Å². The summed E-state index contributed by atoms with van der Waals surface area (Å²) >= 11 is 0. The molecule has 1 unspecified atom stereocenters. The molecule has 2 heterocycles. The van der Waals surface area contributed by atoms with Gasteiger partial charge in [0.2, 0.25) is 10.0 Å². The minimum atomic E-state index is -3.14. The lowest BCUT2D eigenvalue weighted by Crippen LogP contribution is -2.48. The van der Waals surface area contributed by atoms with Crippen LogP contribution in [-0.2, 0) is 10.0 Å². The van der Waals surface area contributed by atoms with Crippen LogP contribution >= 0.6 is 0 Å². The molecule has 1 aliphatic heterocycles. The second-order valence-electron chi connectivity index (χ2n) is 5.05. The Morgan fingerprint density at radius 2 is 2.11 bits per heavy atom. The number of rotatable bonds is 3. The van der Waals surface area contributed by atoms with Gasteiger partial charge in [-0.2, -0.15) is 5.10 Å². The Morgan fingerprint density at radius 1 is 1.37 bits per heavy atom. The smallest absolute Gasteiger partial charge is 0.211 e. The first-order chi connectivity index (χ1) is 8.88. The average Bonchev–Trinajstić information content (AvgIpc) is 2.38. The second-order valence-corrected chi connectivity index (χ2v) is 7.10. The fourth-order valence-electron chi connectivity index (χ4n) is 2.29. The van der Waals surface area contributed by atoms with Gasteiger partial charge in [-0.25, -0.2) is 12.7 Å². The number of hydrogen-bond donors (Lipinski definition) is 0. The van der Waals surface area contributed by atoms with Gasteiger partial charge in [0.25, 0.3) is 0 Å². The zero-order valence-electron chi connectivity index (χ0n) is 11.6. The Morgan fingerprint density at radius 3 is 2.68 bits per heavy atom. The van der Waals surface area contributed by atoms with E-state index in [1.165, 1.54) is 10.6 Å². The zero-order valence-corrected chi connectivity index (χ0v) is 12.4. The van der Waals surface area contributed by atoms with Crippen molar-refractivity contribution >= 4 is 15.8 Å². The summed E-state index contributed by atoms with van der Waals surface area (Å²) in [6.07, 6.45) is 3.09. The summed E-state index contributed by atoms with van der Waals surface area (Å²) in [5.41, 5.74) is 0.880. The number of likely N-dealkylation sites (N-methyl/N-ethyl adjacent to an activating group) is 1. The van der Waals surface area contributed by atoms with Crippen LogP contribution in [0.15, 0.2) is 12.1 Å². The van der Waals surface area contributed by atoms with E-state index in [9.17, 15) is 8.42 Å². The Balaban J connectivity index is 2.11. The third-order valence-corrected chi connectivity index (χ3v) is 4.89. The summed E-state index contributed by atoms with van der Waals surface area (Å²) in [4.78, 5) is 2.10. The number of nitrogens with zero attached hydrogens (tertiary/aromatic N) is 4. The van der Waals surface area contributed by atoms with Gasteiger partial charge in [0.1, 0.15) is 0 Å². The van der Waals surface area contributed by atoms with Gasteiger partial charge in [0.15, 0.2) is 5.82 Å². The van der Waals surface area contributed by atoms with Crippen molar-refractivity contribution in [3.05, 3.63) is 17.8 Å². The van der Waals surface area contributed by atoms with Crippen LogP contribution in [0.4, 0.5) is 5.82 Å². The molecule has 0 aliphatic carbocycles. The number of aromatic nitrogens is 2. The van der Waals surface area contributed by atoms with Crippen LogP contribution in [0.2, 0.25) is 0 Å². The first kappa shape index (κ1) is 14.2. The monoisotopic (exact) mass is 284 g/mol. The van der Waals surface area contributed by atoms with Crippen molar-refractivity contribution in [3.63, 3.8) is 0 Å². The van der Waals surface area contributed by atoms with Crippen molar-refractivity contribution in [1.29, 1.82) is 0 Å². The fraction of sp³-hybridized carbons (Fsp3) is 0.667. The van der Waals surface area contributed by atoms with Crippen LogP contribution in [0.1, 0.15) is 18.5 Å². The molecule has 6 nitrogen and oxygen atoms in total. The van der Waals surface area contributed by atoms with Crippen LogP contribution in [0.3, 0.4) is 0 Å². The van der Waals surface area contributed by atoms with Gasteiger partial charge in [-0.3, -0.25) is 0 Å². The predicted octanol–water partition coefficient (Wildman–Crippen LogP) is 0.645. The number of piperidine rings is 1. The van der Waals surface area contributed by atoms with Gasteiger partial charge < -0.3 is 4.90 Å². The van der Waals surface area contributed by atoms with Crippen LogP contribution in [0.25, 0.3) is 0 Å². The molecule has 0 amide bonds. The van der Waals surface area contributed by atoms with Gasteiger partial charge in [-0.15, -0.1) is 5.10 Å². The Bertz CT molecular complexity index is 529. The maximum Gasteiger partial charge on any atom is 0.211 e. The van der Waals surface area contributed by atoms with Crippen LogP contribution in [0, 0.1) is 6.92 Å². The van der Waals surface area contributed by atoms with E-state index in [-0.39, 0.29) is 6.04 Å². The fourth-order valence-corrected chi connectivity index (χ4v) is 3.00. The minimum absolute atomic E-state index is 0.00635. The molecule has 1 atom stereocenters. The van der Waals surface area contributed by atoms with Crippen LogP contribution in [0.5, 0.6) is 0 Å². The number of aryl methyl sites for hydroxylation is 1. The lowest BCUT2D eigenvalue weighted by Gasteiger charge is -2.36. The number of hydrogen-bond acceptors (Lipinski definition) is 5. The van der Waals surface area contributed by atoms with Gasteiger partial charge in [-0.05, 0) is 31.9 Å². The maximum absolute atomic E-state index is 11.6. The summed E-state index contributed by atoms with van der Waals surface area (Å²) in [6, 6.07) is 3.86. The van der Waals surface area contributed by atoms with Gasteiger partial charge >= 0.3 is 0 Å². The molecule has 106 valence electrons. The van der Waals surface area contributed by atoms with Crippen molar-refractivity contribution in [2.45, 2.75) is 25.8 Å². The average molecular weight is 284 g/mol. The maximum atomic E-state index is 11.6. The van der Waals surface area contributed by atoms with E-state index in [0.717, 1.165) is 30.9 Å². The minimum Gasteiger partial charge on any atom is -0.354 e. The highest BCUT2D eigenvalue weighted by molar-refractivity contribution is 7.88. The van der Waals surface area contributed by atoms with E-state index in [0.29, 0.717) is 6.54 Å². The molecule has 1 aliphatic rings. The molecule has 1 saturated heterocycles. The Labute approximate surface area is 114 Å². The highest BCUT2D eigenvalue weighted by Gasteiger charge is 2.28. The molecule has 0 aromatic carbocycles. The zero-order chi connectivity index (χ0) is 14.0. The van der Waals surface area contributed by atoms with Crippen molar-refractivity contribution in [1.82, 2.24) is 14.5 Å². The Hall–Kier alpha value is -1.21. The van der Waals surface area contributed by atoms with Gasteiger partial charge in [0, 0.05) is 26.2 Å². The standard InChI is InChI=1S/C12H20N4O2S/c1-10-6-7-12(14-13-10)16-8-4-5-11(9-16)15(2)19(3,17)18/h6-7,11H,4-5,8-9H2,1-3H3. The first-order valence-electron chi connectivity index (χ1n) is 6.36. The van der Waals surface area contributed by atoms with E-state index in [2.05, 4.69) is 15.1 Å². The summed E-state index contributed by atoms with van der Waals surface area (Å²) < 4.78 is 24.7. The van der Waals surface area contributed by atoms with Crippen molar-refractivity contribution in [2.24, 2.45) is 0 Å². The molecule has 2 rings (SSSR count). The highest BCUT2D eigenvalue weighted by Crippen LogP contribution is 2.21. The van der Waals surface area contributed by atoms with Crippen molar-refractivity contribution < 1.29 is 8.42 Å². The largest absolute Gasteiger partial charge is 0.354 e. The summed E-state index contributed by atoms with van der Waals surface area (Å²) in [5, 5.41) is 8.22. The number of sulfonamides is 1. The molecule has 19 heavy (non-hydrogen) atoms. The third kappa shape index (κ3) is 3.42. The lowest BCUT2D eigenvalue weighted by molar-refractivity contribution is 0.321. The van der Waals surface area contributed by atoms with Crippen molar-refractivity contribution in [3.8, 4) is 0 Å². The SMILES string of the molecule is Cc1ccc(N2CCCC(N(C)S(C)(=O)=O)C2)nn1. The lowest BCUT2D eigenvalue weighted by atomic mass is 10.1. The van der Waals surface area contributed by atoms with Crippen LogP contribution in [-0.4, -0.2) is 55.4 Å². The predicted molar refractivity (Wildman–Crippen MR) is 74.6 cm³/mol. The third-order valence-electron chi connectivity index (χ3n) is 3.54. The topological polar surface area (TPSA) is 66.4 Å². The summed E-state index contributed by atoms with van der Waals surface area (Å²) in [5.74, 6) is 0.817. The van der Waals surface area contributed by atoms with E-state index in [4.69, 9.17) is 0 Å². The van der Waals surface area contributed by atoms with E-state index < -0.39 is 10.0 Å². The second kappa shape index (κ2) is 5.42. The van der Waals surface area contributed by atoms with Gasteiger partial charge in [0.05, 0.1) is 11.9 Å². The molecular weight excluding hydrogens is 264 g/mol. The molecule has 0 N–H and O–H groups in total. The van der Waals surface area contributed by atoms with Crippen molar-refractivity contribution in [2.75, 3.05) is 31.3 Å².